The zero-order chi connectivity index (χ0) is 18.0. The number of nitrogens with zero attached hydrogens (tertiary/aromatic N) is 1. The molecule has 0 saturated carbocycles. The number of amides is 1. The number of carbonyl (C=O) groups is 2. The van der Waals surface area contributed by atoms with Crippen LogP contribution in [0, 0.1) is 5.82 Å². The molecule has 4 nitrogen and oxygen atoms in total. The lowest BCUT2D eigenvalue weighted by Gasteiger charge is -2.21. The first-order valence-electron chi connectivity index (χ1n) is 6.48. The van der Waals surface area contributed by atoms with Gasteiger partial charge in [0, 0.05) is 17.1 Å². The topological polar surface area (TPSA) is 49.4 Å². The molecule has 0 aromatic heterocycles. The second-order valence-electron chi connectivity index (χ2n) is 4.77. The van der Waals surface area contributed by atoms with Crippen LogP contribution in [0.2, 0.25) is 5.02 Å². The number of ketones is 1. The second kappa shape index (κ2) is 7.91. The number of halogens is 4. The number of rotatable bonds is 5. The van der Waals surface area contributed by atoms with Gasteiger partial charge in [-0.15, -0.1) is 0 Å². The molecule has 0 bridgehead atoms. The fourth-order valence-electron chi connectivity index (χ4n) is 2.10. The van der Waals surface area contributed by atoms with Crippen molar-refractivity contribution in [3.63, 3.8) is 0 Å². The predicted molar refractivity (Wildman–Crippen MR) is 104 cm³/mol. The summed E-state index contributed by atoms with van der Waals surface area (Å²) in [7, 11) is 4.22. The van der Waals surface area contributed by atoms with Gasteiger partial charge in [0.2, 0.25) is 6.41 Å². The molecule has 9 heteroatoms. The maximum absolute atomic E-state index is 13.5. The maximum Gasteiger partial charge on any atom is 0.211 e. The van der Waals surface area contributed by atoms with Gasteiger partial charge in [0.05, 0.1) is 26.4 Å². The fourth-order valence-corrected chi connectivity index (χ4v) is 4.07. The minimum Gasteiger partial charge on any atom is -0.357 e. The number of nitrogens with one attached hydrogen (secondary N) is 1. The van der Waals surface area contributed by atoms with Crippen LogP contribution in [-0.2, 0) is 4.79 Å². The number of hydrogen-bond acceptors (Lipinski definition) is 3. The third kappa shape index (κ3) is 3.80. The molecular weight excluding hydrogens is 485 g/mol. The van der Waals surface area contributed by atoms with Crippen LogP contribution in [0.4, 0.5) is 15.8 Å². The third-order valence-electron chi connectivity index (χ3n) is 3.18. The van der Waals surface area contributed by atoms with Crippen LogP contribution in [0.15, 0.2) is 33.2 Å². The molecule has 0 fully saturated rings. The van der Waals surface area contributed by atoms with Gasteiger partial charge in [0.25, 0.3) is 0 Å². The Kier molecular flexibility index (Phi) is 6.37. The first-order chi connectivity index (χ1) is 11.3. The van der Waals surface area contributed by atoms with E-state index in [4.69, 9.17) is 11.6 Å². The minimum absolute atomic E-state index is 0.0297. The molecule has 126 valence electrons. The number of carbonyl (C=O) groups excluding carboxylic acids is 2. The first kappa shape index (κ1) is 19.3. The van der Waals surface area contributed by atoms with Crippen LogP contribution in [0.5, 0.6) is 0 Å². The molecule has 0 saturated heterocycles. The highest BCUT2D eigenvalue weighted by Crippen LogP contribution is 2.42. The number of anilines is 2. The van der Waals surface area contributed by atoms with Gasteiger partial charge < -0.3 is 9.99 Å². The van der Waals surface area contributed by atoms with Crippen molar-refractivity contribution < 1.29 is 14.0 Å². The normalized spacial score (nSPS) is 10.4. The van der Waals surface area contributed by atoms with Gasteiger partial charge >= 0.3 is 0 Å². The van der Waals surface area contributed by atoms with Gasteiger partial charge in [-0.05, 0) is 65.5 Å². The van der Waals surface area contributed by atoms with Crippen LogP contribution < -0.4 is 9.99 Å². The summed E-state index contributed by atoms with van der Waals surface area (Å²) in [5.41, 5.74) is 1.30. The highest BCUT2D eigenvalue weighted by atomic mass is 79.9. The molecule has 2 aromatic rings. The fraction of sp³-hybridized carbons (Fsp3) is 0.0667. The van der Waals surface area contributed by atoms with E-state index in [1.54, 1.807) is 17.8 Å². The van der Waals surface area contributed by atoms with Crippen molar-refractivity contribution >= 4 is 76.4 Å². The molecule has 1 unspecified atom stereocenters. The molecule has 0 aliphatic heterocycles. The molecule has 0 spiro atoms. The molecule has 0 aliphatic rings. The van der Waals surface area contributed by atoms with Gasteiger partial charge in [-0.3, -0.25) is 9.59 Å². The van der Waals surface area contributed by atoms with Crippen LogP contribution in [0.3, 0.4) is 0 Å². The van der Waals surface area contributed by atoms with E-state index in [9.17, 15) is 14.0 Å². The Balaban J connectivity index is 2.70. The van der Waals surface area contributed by atoms with Crippen LogP contribution in [0.1, 0.15) is 15.9 Å². The summed E-state index contributed by atoms with van der Waals surface area (Å²) in [4.78, 5) is 23.8. The molecule has 1 atom stereocenters. The van der Waals surface area contributed by atoms with Crippen LogP contribution >= 0.6 is 52.9 Å². The van der Waals surface area contributed by atoms with Crippen molar-refractivity contribution in [2.24, 2.45) is 0 Å². The van der Waals surface area contributed by atoms with E-state index in [0.717, 1.165) is 6.07 Å². The first-order valence-corrected chi connectivity index (χ1v) is 8.96. The van der Waals surface area contributed by atoms with Crippen LogP contribution in [-0.4, -0.2) is 19.2 Å². The molecule has 0 aliphatic carbocycles. The Labute approximate surface area is 162 Å². The molecule has 0 heterocycles. The zero-order valence-electron chi connectivity index (χ0n) is 12.2. The molecule has 2 aromatic carbocycles. The van der Waals surface area contributed by atoms with Crippen molar-refractivity contribution in [2.45, 2.75) is 0 Å². The largest absolute Gasteiger partial charge is 0.357 e. The Morgan fingerprint density at radius 1 is 1.38 bits per heavy atom. The molecule has 2 rings (SSSR count). The molecule has 1 amide bonds. The van der Waals surface area contributed by atoms with Crippen molar-refractivity contribution in [1.29, 1.82) is 0 Å². The average Bonchev–Trinajstić information content (AvgIpc) is 2.51. The quantitative estimate of drug-likeness (QED) is 0.359. The molecular formula is C15H11Br2ClFN2O2P. The van der Waals surface area contributed by atoms with E-state index >= 15 is 0 Å². The second-order valence-corrected chi connectivity index (χ2v) is 7.60. The Hall–Kier alpha value is -1.01. The highest BCUT2D eigenvalue weighted by molar-refractivity contribution is 9.11. The van der Waals surface area contributed by atoms with Crippen molar-refractivity contribution in [3.8, 4) is 0 Å². The summed E-state index contributed by atoms with van der Waals surface area (Å²) < 4.78 is 16.0. The van der Waals surface area contributed by atoms with E-state index < -0.39 is 11.6 Å². The van der Waals surface area contributed by atoms with Crippen molar-refractivity contribution in [1.82, 2.24) is 0 Å². The summed E-state index contributed by atoms with van der Waals surface area (Å²) in [6.07, 6.45) is 0.509. The summed E-state index contributed by atoms with van der Waals surface area (Å²) in [5.74, 6) is -1.05. The SMILES string of the molecule is CN(P)c1cc(Br)c(C(=O)c2cc(F)ccc2Cl)c(Br)c1NC=O. The number of benzene rings is 2. The summed E-state index contributed by atoms with van der Waals surface area (Å²) in [5, 5.41) is 2.70. The minimum atomic E-state index is -0.567. The standard InChI is InChI=1S/C15H11Br2ClFN2O2P/c1-21(24)11-5-9(16)12(13(17)14(11)20-6-22)15(23)8-4-7(19)2-3-10(8)18/h2-6H,24H2,1H3,(H,20,22). The predicted octanol–water partition coefficient (Wildman–Crippen LogP) is 5.03. The maximum atomic E-state index is 13.5. The zero-order valence-corrected chi connectivity index (χ0v) is 17.3. The molecule has 24 heavy (non-hydrogen) atoms. The van der Waals surface area contributed by atoms with E-state index in [1.807, 2.05) is 0 Å². The van der Waals surface area contributed by atoms with Gasteiger partial charge in [-0.25, -0.2) is 4.39 Å². The molecule has 1 N–H and O–H groups in total. The van der Waals surface area contributed by atoms with Crippen LogP contribution in [0.25, 0.3) is 0 Å². The third-order valence-corrected chi connectivity index (χ3v) is 5.21. The van der Waals surface area contributed by atoms with E-state index in [-0.39, 0.29) is 16.1 Å². The molecule has 0 radical (unpaired) electrons. The van der Waals surface area contributed by atoms with E-state index in [2.05, 4.69) is 46.6 Å². The van der Waals surface area contributed by atoms with E-state index in [1.165, 1.54) is 12.1 Å². The Morgan fingerprint density at radius 2 is 2.04 bits per heavy atom. The lowest BCUT2D eigenvalue weighted by Crippen LogP contribution is -2.11. The Bertz CT molecular complexity index is 834. The summed E-state index contributed by atoms with van der Waals surface area (Å²) in [6, 6.07) is 5.24. The van der Waals surface area contributed by atoms with Gasteiger partial charge in [-0.2, -0.15) is 0 Å². The Morgan fingerprint density at radius 3 is 2.62 bits per heavy atom. The van der Waals surface area contributed by atoms with E-state index in [0.29, 0.717) is 26.7 Å². The van der Waals surface area contributed by atoms with Gasteiger partial charge in [0.15, 0.2) is 5.78 Å². The van der Waals surface area contributed by atoms with Crippen molar-refractivity contribution in [2.75, 3.05) is 17.0 Å². The summed E-state index contributed by atoms with van der Waals surface area (Å²) in [6.45, 7) is 0. The lowest BCUT2D eigenvalue weighted by atomic mass is 10.0. The monoisotopic (exact) mass is 494 g/mol. The lowest BCUT2D eigenvalue weighted by molar-refractivity contribution is -0.105. The summed E-state index contributed by atoms with van der Waals surface area (Å²) >= 11 is 12.7. The van der Waals surface area contributed by atoms with Gasteiger partial charge in [0.1, 0.15) is 5.82 Å². The smallest absolute Gasteiger partial charge is 0.211 e. The average molecular weight is 496 g/mol. The highest BCUT2D eigenvalue weighted by Gasteiger charge is 2.24. The number of hydrogen-bond donors (Lipinski definition) is 1. The van der Waals surface area contributed by atoms with Crippen molar-refractivity contribution in [3.05, 3.63) is 55.2 Å². The van der Waals surface area contributed by atoms with Gasteiger partial charge in [-0.1, -0.05) is 11.6 Å².